The Labute approximate surface area is 109 Å². The minimum Gasteiger partial charge on any atom is -0.480 e. The molecule has 1 amide bonds. The first-order valence-corrected chi connectivity index (χ1v) is 5.44. The van der Waals surface area contributed by atoms with E-state index in [-0.39, 0.29) is 0 Å². The van der Waals surface area contributed by atoms with Crippen LogP contribution in [0.5, 0.6) is 0 Å². The van der Waals surface area contributed by atoms with Crippen molar-refractivity contribution >= 4 is 17.8 Å². The van der Waals surface area contributed by atoms with Crippen molar-refractivity contribution in [1.29, 1.82) is 0 Å². The number of aliphatic carboxylic acids is 2. The monoisotopic (exact) mass is 266 g/mol. The predicted octanol–water partition coefficient (Wildman–Crippen LogP) is -0.316. The number of hydrogen-bond donors (Lipinski definition) is 3. The third-order valence-corrected chi connectivity index (χ3v) is 2.39. The number of benzene rings is 1. The van der Waals surface area contributed by atoms with E-state index >= 15 is 0 Å². The number of amides is 1. The molecule has 19 heavy (non-hydrogen) atoms. The lowest BCUT2D eigenvalue weighted by Crippen LogP contribution is -2.44. The topological polar surface area (TPSA) is 121 Å². The Morgan fingerprint density at radius 3 is 1.95 bits per heavy atom. The van der Waals surface area contributed by atoms with Gasteiger partial charge in [0.2, 0.25) is 5.91 Å². The first kappa shape index (κ1) is 14.7. The molecule has 0 saturated heterocycles. The van der Waals surface area contributed by atoms with Crippen LogP contribution in [0.25, 0.3) is 0 Å². The van der Waals surface area contributed by atoms with E-state index in [4.69, 9.17) is 15.9 Å². The van der Waals surface area contributed by atoms with Crippen LogP contribution in [0.4, 0.5) is 0 Å². The molecule has 7 nitrogen and oxygen atoms in total. The number of rotatable bonds is 6. The average Bonchev–Trinajstić information content (AvgIpc) is 2.36. The van der Waals surface area contributed by atoms with Crippen molar-refractivity contribution in [1.82, 2.24) is 4.90 Å². The second kappa shape index (κ2) is 6.50. The van der Waals surface area contributed by atoms with E-state index in [1.807, 2.05) is 0 Å². The summed E-state index contributed by atoms with van der Waals surface area (Å²) in [5, 5.41) is 17.3. The molecule has 102 valence electrons. The van der Waals surface area contributed by atoms with Gasteiger partial charge in [0.05, 0.1) is 0 Å². The molecule has 0 spiro atoms. The number of nitrogens with two attached hydrogens (primary N) is 1. The van der Waals surface area contributed by atoms with Crippen molar-refractivity contribution < 1.29 is 24.6 Å². The average molecular weight is 266 g/mol. The second-order valence-electron chi connectivity index (χ2n) is 3.87. The van der Waals surface area contributed by atoms with Gasteiger partial charge >= 0.3 is 11.9 Å². The van der Waals surface area contributed by atoms with Gasteiger partial charge in [0.15, 0.2) is 0 Å². The quantitative estimate of drug-likeness (QED) is 0.649. The van der Waals surface area contributed by atoms with Gasteiger partial charge in [-0.3, -0.25) is 14.4 Å². The summed E-state index contributed by atoms with van der Waals surface area (Å²) in [6.45, 7) is -1.41. The van der Waals surface area contributed by atoms with Gasteiger partial charge in [0, 0.05) is 0 Å². The van der Waals surface area contributed by atoms with Gasteiger partial charge in [-0.1, -0.05) is 30.3 Å². The van der Waals surface area contributed by atoms with Crippen molar-refractivity contribution in [3.8, 4) is 0 Å². The highest BCUT2D eigenvalue weighted by Crippen LogP contribution is 2.12. The Bertz CT molecular complexity index is 458. The van der Waals surface area contributed by atoms with Crippen LogP contribution in [0.15, 0.2) is 30.3 Å². The third-order valence-electron chi connectivity index (χ3n) is 2.39. The maximum Gasteiger partial charge on any atom is 0.323 e. The molecule has 7 heteroatoms. The van der Waals surface area contributed by atoms with Crippen LogP contribution in [0.2, 0.25) is 0 Å². The molecule has 1 unspecified atom stereocenters. The Balaban J connectivity index is 2.86. The lowest BCUT2D eigenvalue weighted by Gasteiger charge is -2.22. The van der Waals surface area contributed by atoms with E-state index in [0.29, 0.717) is 10.5 Å². The molecule has 0 fully saturated rings. The molecule has 0 aliphatic rings. The zero-order chi connectivity index (χ0) is 14.4. The van der Waals surface area contributed by atoms with E-state index in [0.717, 1.165) is 0 Å². The number of carboxylic acids is 2. The van der Waals surface area contributed by atoms with E-state index in [1.54, 1.807) is 30.3 Å². The van der Waals surface area contributed by atoms with Gasteiger partial charge in [-0.2, -0.15) is 0 Å². The molecule has 0 radical (unpaired) electrons. The molecule has 1 aromatic rings. The Hall–Kier alpha value is -2.41. The molecule has 0 aliphatic heterocycles. The Morgan fingerprint density at radius 1 is 1.05 bits per heavy atom. The van der Waals surface area contributed by atoms with Gasteiger partial charge in [0.1, 0.15) is 19.1 Å². The van der Waals surface area contributed by atoms with Crippen LogP contribution >= 0.6 is 0 Å². The van der Waals surface area contributed by atoms with Gasteiger partial charge in [-0.25, -0.2) is 0 Å². The summed E-state index contributed by atoms with van der Waals surface area (Å²) in [6.07, 6.45) is 0. The zero-order valence-electron chi connectivity index (χ0n) is 10.0. The number of carboxylic acid groups (broad SMARTS) is 2. The number of hydrogen-bond acceptors (Lipinski definition) is 4. The van der Waals surface area contributed by atoms with Gasteiger partial charge in [-0.05, 0) is 5.56 Å². The predicted molar refractivity (Wildman–Crippen MR) is 65.2 cm³/mol. The molecule has 1 rings (SSSR count). The van der Waals surface area contributed by atoms with Crippen LogP contribution in [0, 0.1) is 0 Å². The first-order chi connectivity index (χ1) is 8.91. The lowest BCUT2D eigenvalue weighted by molar-refractivity contribution is -0.149. The van der Waals surface area contributed by atoms with Gasteiger partial charge in [0.25, 0.3) is 0 Å². The highest BCUT2D eigenvalue weighted by Gasteiger charge is 2.25. The second-order valence-corrected chi connectivity index (χ2v) is 3.87. The number of nitrogens with zero attached hydrogens (tertiary/aromatic N) is 1. The molecule has 1 atom stereocenters. The van der Waals surface area contributed by atoms with E-state index in [1.165, 1.54) is 0 Å². The number of carbonyl (C=O) groups excluding carboxylic acids is 1. The smallest absolute Gasteiger partial charge is 0.323 e. The molecule has 0 saturated carbocycles. The molecule has 0 aliphatic carbocycles. The normalized spacial score (nSPS) is 11.6. The van der Waals surface area contributed by atoms with Crippen molar-refractivity contribution in [2.75, 3.05) is 13.1 Å². The molecule has 1 aromatic carbocycles. The Kier molecular flexibility index (Phi) is 5.01. The molecule has 4 N–H and O–H groups in total. The zero-order valence-corrected chi connectivity index (χ0v) is 10.0. The fraction of sp³-hybridized carbons (Fsp3) is 0.250. The standard InChI is InChI=1S/C12H14N2O5/c13-11(8-4-2-1-3-5-8)12(19)14(6-9(15)16)7-10(17)18/h1-5,11H,6-7,13H2,(H,15,16)(H,17,18). The summed E-state index contributed by atoms with van der Waals surface area (Å²) in [7, 11) is 0. The summed E-state index contributed by atoms with van der Waals surface area (Å²) in [5.74, 6) is -3.33. The summed E-state index contributed by atoms with van der Waals surface area (Å²) < 4.78 is 0. The molecule has 0 bridgehead atoms. The van der Waals surface area contributed by atoms with Crippen molar-refractivity contribution in [3.63, 3.8) is 0 Å². The van der Waals surface area contributed by atoms with Crippen molar-refractivity contribution in [2.24, 2.45) is 5.73 Å². The molecule has 0 aromatic heterocycles. The maximum absolute atomic E-state index is 12.0. The van der Waals surface area contributed by atoms with Gasteiger partial charge < -0.3 is 20.8 Å². The van der Waals surface area contributed by atoms with Crippen LogP contribution in [-0.4, -0.2) is 46.0 Å². The fourth-order valence-electron chi connectivity index (χ4n) is 1.54. The highest BCUT2D eigenvalue weighted by molar-refractivity contribution is 5.89. The number of carbonyl (C=O) groups is 3. The summed E-state index contributed by atoms with van der Waals surface area (Å²) in [6, 6.07) is 7.25. The third kappa shape index (κ3) is 4.40. The Morgan fingerprint density at radius 2 is 1.53 bits per heavy atom. The van der Waals surface area contributed by atoms with Crippen molar-refractivity contribution in [2.45, 2.75) is 6.04 Å². The SMILES string of the molecule is NC(C(=O)N(CC(=O)O)CC(=O)O)c1ccccc1. The molecule has 0 heterocycles. The highest BCUT2D eigenvalue weighted by atomic mass is 16.4. The van der Waals surface area contributed by atoms with E-state index < -0.39 is 37.0 Å². The van der Waals surface area contributed by atoms with Crippen LogP contribution < -0.4 is 5.73 Å². The van der Waals surface area contributed by atoms with Crippen LogP contribution in [0.1, 0.15) is 11.6 Å². The minimum absolute atomic E-state index is 0.494. The van der Waals surface area contributed by atoms with Crippen molar-refractivity contribution in [3.05, 3.63) is 35.9 Å². The fourth-order valence-corrected chi connectivity index (χ4v) is 1.54. The first-order valence-electron chi connectivity index (χ1n) is 5.44. The molecular weight excluding hydrogens is 252 g/mol. The lowest BCUT2D eigenvalue weighted by atomic mass is 10.1. The van der Waals surface area contributed by atoms with Crippen LogP contribution in [-0.2, 0) is 14.4 Å². The summed E-state index contributed by atoms with van der Waals surface area (Å²) in [4.78, 5) is 33.9. The van der Waals surface area contributed by atoms with Gasteiger partial charge in [-0.15, -0.1) is 0 Å². The maximum atomic E-state index is 12.0. The molecular formula is C12H14N2O5. The van der Waals surface area contributed by atoms with E-state index in [2.05, 4.69) is 0 Å². The minimum atomic E-state index is -1.30. The largest absolute Gasteiger partial charge is 0.480 e. The summed E-state index contributed by atoms with van der Waals surface area (Å²) >= 11 is 0. The summed E-state index contributed by atoms with van der Waals surface area (Å²) in [5.41, 5.74) is 6.21. The van der Waals surface area contributed by atoms with Crippen LogP contribution in [0.3, 0.4) is 0 Å². The van der Waals surface area contributed by atoms with E-state index in [9.17, 15) is 14.4 Å².